The zero-order valence-electron chi connectivity index (χ0n) is 9.01. The Bertz CT molecular complexity index is 457. The number of nitrogens with zero attached hydrogens (tertiary/aromatic N) is 1. The molecule has 1 heterocycles. The quantitative estimate of drug-likeness (QED) is 0.811. The molecule has 0 N–H and O–H groups in total. The van der Waals surface area contributed by atoms with Crippen molar-refractivity contribution in [1.29, 1.82) is 0 Å². The van der Waals surface area contributed by atoms with Crippen LogP contribution < -0.4 is 4.74 Å². The molecule has 0 amide bonds. The highest BCUT2D eigenvalue weighted by Crippen LogP contribution is 2.16. The fourth-order valence-electron chi connectivity index (χ4n) is 1.50. The van der Waals surface area contributed by atoms with Gasteiger partial charge < -0.3 is 4.74 Å². The van der Waals surface area contributed by atoms with Crippen molar-refractivity contribution in [2.24, 2.45) is 0 Å². The van der Waals surface area contributed by atoms with E-state index in [9.17, 15) is 8.78 Å². The van der Waals surface area contributed by atoms with Gasteiger partial charge in [0.1, 0.15) is 5.75 Å². The zero-order chi connectivity index (χ0) is 12.1. The normalized spacial score (nSPS) is 10.5. The number of hydrogen-bond donors (Lipinski definition) is 0. The van der Waals surface area contributed by atoms with Gasteiger partial charge in [-0.1, -0.05) is 18.2 Å². The fraction of sp³-hybridized carbons (Fsp3) is 0.154. The Morgan fingerprint density at radius 3 is 2.41 bits per heavy atom. The SMILES string of the molecule is FC(F)Oc1ccc(Cc2ccccn2)cc1. The molecule has 1 aromatic carbocycles. The molecule has 2 rings (SSSR count). The van der Waals surface area contributed by atoms with Gasteiger partial charge in [0.15, 0.2) is 0 Å². The highest BCUT2D eigenvalue weighted by Gasteiger charge is 2.04. The van der Waals surface area contributed by atoms with Crippen molar-refractivity contribution < 1.29 is 13.5 Å². The molecule has 1 aromatic heterocycles. The second kappa shape index (κ2) is 5.39. The fourth-order valence-corrected chi connectivity index (χ4v) is 1.50. The van der Waals surface area contributed by atoms with E-state index in [2.05, 4.69) is 9.72 Å². The summed E-state index contributed by atoms with van der Waals surface area (Å²) >= 11 is 0. The lowest BCUT2D eigenvalue weighted by Crippen LogP contribution is -2.01. The van der Waals surface area contributed by atoms with Crippen molar-refractivity contribution in [2.45, 2.75) is 13.0 Å². The maximum absolute atomic E-state index is 11.9. The third kappa shape index (κ3) is 3.52. The number of aromatic nitrogens is 1. The van der Waals surface area contributed by atoms with Gasteiger partial charge in [-0.25, -0.2) is 0 Å². The highest BCUT2D eigenvalue weighted by molar-refractivity contribution is 5.29. The van der Waals surface area contributed by atoms with Crippen molar-refractivity contribution in [3.8, 4) is 5.75 Å². The smallest absolute Gasteiger partial charge is 0.387 e. The lowest BCUT2D eigenvalue weighted by atomic mass is 10.1. The summed E-state index contributed by atoms with van der Waals surface area (Å²) in [6.07, 6.45) is 2.40. The summed E-state index contributed by atoms with van der Waals surface area (Å²) < 4.78 is 28.1. The van der Waals surface area contributed by atoms with Crippen LogP contribution in [0.15, 0.2) is 48.7 Å². The van der Waals surface area contributed by atoms with Gasteiger partial charge in [-0.15, -0.1) is 0 Å². The summed E-state index contributed by atoms with van der Waals surface area (Å²) in [5.41, 5.74) is 1.94. The van der Waals surface area contributed by atoms with E-state index in [0.29, 0.717) is 6.42 Å². The van der Waals surface area contributed by atoms with Crippen LogP contribution in [0.5, 0.6) is 5.75 Å². The van der Waals surface area contributed by atoms with Crippen LogP contribution in [0.3, 0.4) is 0 Å². The van der Waals surface area contributed by atoms with Gasteiger partial charge in [-0.2, -0.15) is 8.78 Å². The number of alkyl halides is 2. The Hall–Kier alpha value is -1.97. The largest absolute Gasteiger partial charge is 0.435 e. The van der Waals surface area contributed by atoms with Gasteiger partial charge in [-0.3, -0.25) is 4.98 Å². The molecule has 0 aliphatic heterocycles. The van der Waals surface area contributed by atoms with Crippen LogP contribution in [0.25, 0.3) is 0 Å². The number of pyridine rings is 1. The van der Waals surface area contributed by atoms with Crippen molar-refractivity contribution in [3.05, 3.63) is 59.9 Å². The second-order valence-corrected chi connectivity index (χ2v) is 3.52. The summed E-state index contributed by atoms with van der Waals surface area (Å²) in [5.74, 6) is 0.171. The minimum absolute atomic E-state index is 0.171. The van der Waals surface area contributed by atoms with Crippen LogP contribution in [0, 0.1) is 0 Å². The van der Waals surface area contributed by atoms with Crippen molar-refractivity contribution >= 4 is 0 Å². The minimum atomic E-state index is -2.78. The van der Waals surface area contributed by atoms with E-state index in [-0.39, 0.29) is 5.75 Å². The molecule has 4 heteroatoms. The van der Waals surface area contributed by atoms with Crippen LogP contribution >= 0.6 is 0 Å². The number of benzene rings is 1. The van der Waals surface area contributed by atoms with E-state index < -0.39 is 6.61 Å². The lowest BCUT2D eigenvalue weighted by Gasteiger charge is -2.05. The van der Waals surface area contributed by atoms with Gasteiger partial charge in [0.2, 0.25) is 0 Å². The van der Waals surface area contributed by atoms with Crippen molar-refractivity contribution in [2.75, 3.05) is 0 Å². The van der Waals surface area contributed by atoms with Crippen LogP contribution in [0.2, 0.25) is 0 Å². The topological polar surface area (TPSA) is 22.1 Å². The minimum Gasteiger partial charge on any atom is -0.435 e. The number of ether oxygens (including phenoxy) is 1. The van der Waals surface area contributed by atoms with E-state index in [1.807, 2.05) is 18.2 Å². The van der Waals surface area contributed by atoms with Gasteiger partial charge in [0.05, 0.1) is 0 Å². The van der Waals surface area contributed by atoms with Crippen LogP contribution in [-0.4, -0.2) is 11.6 Å². The van der Waals surface area contributed by atoms with Gasteiger partial charge in [0.25, 0.3) is 0 Å². The first-order valence-corrected chi connectivity index (χ1v) is 5.18. The lowest BCUT2D eigenvalue weighted by molar-refractivity contribution is -0.0498. The maximum atomic E-state index is 11.9. The second-order valence-electron chi connectivity index (χ2n) is 3.52. The molecule has 0 saturated heterocycles. The van der Waals surface area contributed by atoms with Crippen molar-refractivity contribution in [3.63, 3.8) is 0 Å². The standard InChI is InChI=1S/C13H11F2NO/c14-13(15)17-12-6-4-10(5-7-12)9-11-3-1-2-8-16-11/h1-8,13H,9H2. The average molecular weight is 235 g/mol. The monoisotopic (exact) mass is 235 g/mol. The molecular formula is C13H11F2NO. The van der Waals surface area contributed by atoms with Crippen LogP contribution in [0.1, 0.15) is 11.3 Å². The van der Waals surface area contributed by atoms with Crippen LogP contribution in [0.4, 0.5) is 8.78 Å². The predicted octanol–water partition coefficient (Wildman–Crippen LogP) is 3.27. The van der Waals surface area contributed by atoms with Gasteiger partial charge in [-0.05, 0) is 29.8 Å². The Morgan fingerprint density at radius 1 is 1.06 bits per heavy atom. The molecule has 0 unspecified atom stereocenters. The first-order chi connectivity index (χ1) is 8.24. The van der Waals surface area contributed by atoms with Gasteiger partial charge in [0, 0.05) is 18.3 Å². The van der Waals surface area contributed by atoms with E-state index in [1.165, 1.54) is 12.1 Å². The maximum Gasteiger partial charge on any atom is 0.387 e. The molecule has 2 aromatic rings. The number of rotatable bonds is 4. The van der Waals surface area contributed by atoms with E-state index in [4.69, 9.17) is 0 Å². The summed E-state index contributed by atoms with van der Waals surface area (Å²) in [6, 6.07) is 12.3. The third-order valence-corrected chi connectivity index (χ3v) is 2.26. The van der Waals surface area contributed by atoms with E-state index >= 15 is 0 Å². The first-order valence-electron chi connectivity index (χ1n) is 5.18. The summed E-state index contributed by atoms with van der Waals surface area (Å²) in [4.78, 5) is 4.19. The summed E-state index contributed by atoms with van der Waals surface area (Å²) in [5, 5.41) is 0. The molecule has 0 atom stereocenters. The zero-order valence-corrected chi connectivity index (χ0v) is 9.01. The van der Waals surface area contributed by atoms with Crippen molar-refractivity contribution in [1.82, 2.24) is 4.98 Å². The molecule has 0 saturated carbocycles. The predicted molar refractivity (Wildman–Crippen MR) is 60.1 cm³/mol. The molecule has 0 fully saturated rings. The Labute approximate surface area is 97.9 Å². The molecule has 0 aliphatic rings. The van der Waals surface area contributed by atoms with E-state index in [0.717, 1.165) is 11.3 Å². The Balaban J connectivity index is 2.03. The number of hydrogen-bond acceptors (Lipinski definition) is 2. The highest BCUT2D eigenvalue weighted by atomic mass is 19.3. The average Bonchev–Trinajstić information content (AvgIpc) is 2.32. The molecule has 0 radical (unpaired) electrons. The summed E-state index contributed by atoms with van der Waals surface area (Å²) in [7, 11) is 0. The van der Waals surface area contributed by atoms with Crippen LogP contribution in [-0.2, 0) is 6.42 Å². The first kappa shape index (κ1) is 11.5. The Morgan fingerprint density at radius 2 is 1.82 bits per heavy atom. The molecule has 17 heavy (non-hydrogen) atoms. The third-order valence-electron chi connectivity index (χ3n) is 2.26. The number of halogens is 2. The van der Waals surface area contributed by atoms with Gasteiger partial charge >= 0.3 is 6.61 Å². The Kier molecular flexibility index (Phi) is 3.65. The molecule has 2 nitrogen and oxygen atoms in total. The molecule has 88 valence electrons. The molecule has 0 spiro atoms. The molecule has 0 aliphatic carbocycles. The molecular weight excluding hydrogens is 224 g/mol. The molecule has 0 bridgehead atoms. The summed E-state index contributed by atoms with van der Waals surface area (Å²) in [6.45, 7) is -2.78. The van der Waals surface area contributed by atoms with E-state index in [1.54, 1.807) is 18.3 Å².